The van der Waals surface area contributed by atoms with Crippen molar-refractivity contribution in [2.75, 3.05) is 32.8 Å². The van der Waals surface area contributed by atoms with Gasteiger partial charge < -0.3 is 24.4 Å². The minimum absolute atomic E-state index is 0.0405. The Kier molecular flexibility index (Phi) is 7.02. The fourth-order valence-corrected chi connectivity index (χ4v) is 5.93. The number of methoxy groups -OCH3 is 3. The maximum absolute atomic E-state index is 13.7. The zero-order valence-corrected chi connectivity index (χ0v) is 20.1. The molecule has 2 fully saturated rings. The number of nitrogens with one attached hydrogen (secondary N) is 1. The van der Waals surface area contributed by atoms with Crippen molar-refractivity contribution in [3.8, 4) is 17.2 Å². The molecule has 1 atom stereocenters. The van der Waals surface area contributed by atoms with Crippen molar-refractivity contribution in [2.24, 2.45) is 0 Å². The SMILES string of the molecule is COc1cc(CNC(=O)C2(N3C(=O)CC3c3ccccc3)CCSCC2)cc(OC)c1OC. The highest BCUT2D eigenvalue weighted by molar-refractivity contribution is 7.99. The molecule has 0 spiro atoms. The Balaban J connectivity index is 1.57. The number of nitrogens with zero attached hydrogens (tertiary/aromatic N) is 1. The molecule has 2 aromatic rings. The smallest absolute Gasteiger partial charge is 0.246 e. The van der Waals surface area contributed by atoms with Crippen LogP contribution in [0.4, 0.5) is 0 Å². The molecule has 0 aromatic heterocycles. The van der Waals surface area contributed by atoms with Crippen molar-refractivity contribution in [2.45, 2.75) is 37.4 Å². The molecular formula is C25H30N2O5S. The number of hydrogen-bond acceptors (Lipinski definition) is 6. The van der Waals surface area contributed by atoms with Gasteiger partial charge in [0.2, 0.25) is 17.6 Å². The zero-order chi connectivity index (χ0) is 23.4. The zero-order valence-electron chi connectivity index (χ0n) is 19.3. The molecule has 0 bridgehead atoms. The van der Waals surface area contributed by atoms with Crippen molar-refractivity contribution < 1.29 is 23.8 Å². The molecule has 2 heterocycles. The number of carbonyl (C=O) groups excluding carboxylic acids is 2. The van der Waals surface area contributed by atoms with Crippen molar-refractivity contribution in [1.82, 2.24) is 10.2 Å². The van der Waals surface area contributed by atoms with Crippen LogP contribution < -0.4 is 19.5 Å². The van der Waals surface area contributed by atoms with E-state index >= 15 is 0 Å². The number of thioether (sulfide) groups is 1. The Morgan fingerprint density at radius 3 is 2.24 bits per heavy atom. The van der Waals surface area contributed by atoms with E-state index in [0.29, 0.717) is 43.1 Å². The van der Waals surface area contributed by atoms with Gasteiger partial charge in [-0.3, -0.25) is 9.59 Å². The Hall–Kier alpha value is -2.87. The molecule has 0 saturated carbocycles. The van der Waals surface area contributed by atoms with E-state index in [1.807, 2.05) is 59.1 Å². The summed E-state index contributed by atoms with van der Waals surface area (Å²) in [4.78, 5) is 28.3. The molecule has 2 saturated heterocycles. The van der Waals surface area contributed by atoms with Gasteiger partial charge >= 0.3 is 0 Å². The lowest BCUT2D eigenvalue weighted by atomic mass is 9.80. The van der Waals surface area contributed by atoms with Crippen LogP contribution in [-0.2, 0) is 16.1 Å². The largest absolute Gasteiger partial charge is 0.493 e. The average molecular weight is 471 g/mol. The van der Waals surface area contributed by atoms with E-state index in [0.717, 1.165) is 22.6 Å². The quantitative estimate of drug-likeness (QED) is 0.595. The predicted molar refractivity (Wildman–Crippen MR) is 128 cm³/mol. The summed E-state index contributed by atoms with van der Waals surface area (Å²) >= 11 is 1.83. The minimum Gasteiger partial charge on any atom is -0.493 e. The van der Waals surface area contributed by atoms with Crippen LogP contribution in [0.15, 0.2) is 42.5 Å². The van der Waals surface area contributed by atoms with Gasteiger partial charge in [0.1, 0.15) is 5.54 Å². The molecule has 2 amide bonds. The lowest BCUT2D eigenvalue weighted by Gasteiger charge is -2.54. The van der Waals surface area contributed by atoms with E-state index in [1.165, 1.54) is 0 Å². The first kappa shape index (κ1) is 23.3. The summed E-state index contributed by atoms with van der Waals surface area (Å²) in [7, 11) is 4.68. The summed E-state index contributed by atoms with van der Waals surface area (Å²) in [6.45, 7) is 0.294. The monoisotopic (exact) mass is 470 g/mol. The number of carbonyl (C=O) groups is 2. The number of amides is 2. The van der Waals surface area contributed by atoms with Gasteiger partial charge in [0.05, 0.1) is 33.8 Å². The van der Waals surface area contributed by atoms with Crippen LogP contribution in [0.2, 0.25) is 0 Å². The second-order valence-electron chi connectivity index (χ2n) is 8.25. The highest BCUT2D eigenvalue weighted by atomic mass is 32.2. The molecule has 4 rings (SSSR count). The molecular weight excluding hydrogens is 440 g/mol. The number of ether oxygens (including phenoxy) is 3. The second-order valence-corrected chi connectivity index (χ2v) is 9.48. The van der Waals surface area contributed by atoms with Gasteiger partial charge in [-0.1, -0.05) is 30.3 Å². The lowest BCUT2D eigenvalue weighted by Crippen LogP contribution is -2.67. The van der Waals surface area contributed by atoms with E-state index in [-0.39, 0.29) is 17.9 Å². The third-order valence-corrected chi connectivity index (χ3v) is 7.50. The van der Waals surface area contributed by atoms with Crippen LogP contribution >= 0.6 is 11.8 Å². The second kappa shape index (κ2) is 9.95. The van der Waals surface area contributed by atoms with Crippen molar-refractivity contribution in [3.05, 3.63) is 53.6 Å². The predicted octanol–water partition coefficient (Wildman–Crippen LogP) is 3.57. The third-order valence-electron chi connectivity index (χ3n) is 6.51. The first-order chi connectivity index (χ1) is 16.0. The number of likely N-dealkylation sites (tertiary alicyclic amines) is 1. The van der Waals surface area contributed by atoms with Crippen LogP contribution in [-0.4, -0.2) is 55.1 Å². The maximum atomic E-state index is 13.7. The van der Waals surface area contributed by atoms with Crippen LogP contribution in [0.3, 0.4) is 0 Å². The Labute approximate surface area is 198 Å². The van der Waals surface area contributed by atoms with Gasteiger partial charge in [0.25, 0.3) is 0 Å². The molecule has 2 aromatic carbocycles. The molecule has 1 N–H and O–H groups in total. The molecule has 176 valence electrons. The molecule has 8 heteroatoms. The third kappa shape index (κ3) is 4.36. The first-order valence-electron chi connectivity index (χ1n) is 11.1. The van der Waals surface area contributed by atoms with Crippen LogP contribution in [0.25, 0.3) is 0 Å². The normalized spacial score (nSPS) is 19.4. The van der Waals surface area contributed by atoms with Gasteiger partial charge in [0.15, 0.2) is 11.5 Å². The standard InChI is InChI=1S/C25H30N2O5S/c1-30-20-13-17(14-21(31-2)23(20)32-3)16-26-24(29)25(9-11-33-12-10-25)27-19(15-22(27)28)18-7-5-4-6-8-18/h4-8,13-14,19H,9-12,15-16H2,1-3H3,(H,26,29). The van der Waals surface area contributed by atoms with Crippen LogP contribution in [0.1, 0.15) is 36.4 Å². The van der Waals surface area contributed by atoms with E-state index in [1.54, 1.807) is 21.3 Å². The lowest BCUT2D eigenvalue weighted by molar-refractivity contribution is -0.166. The molecule has 2 aliphatic rings. The maximum Gasteiger partial charge on any atom is 0.246 e. The summed E-state index contributed by atoms with van der Waals surface area (Å²) in [6.07, 6.45) is 1.74. The fourth-order valence-electron chi connectivity index (χ4n) is 4.77. The molecule has 7 nitrogen and oxygen atoms in total. The van der Waals surface area contributed by atoms with E-state index in [9.17, 15) is 9.59 Å². The van der Waals surface area contributed by atoms with E-state index in [4.69, 9.17) is 14.2 Å². The van der Waals surface area contributed by atoms with Crippen molar-refractivity contribution >= 4 is 23.6 Å². The molecule has 0 radical (unpaired) electrons. The number of hydrogen-bond donors (Lipinski definition) is 1. The van der Waals surface area contributed by atoms with Gasteiger partial charge in [0, 0.05) is 6.54 Å². The Bertz CT molecular complexity index is 982. The number of benzene rings is 2. The van der Waals surface area contributed by atoms with E-state index in [2.05, 4.69) is 5.32 Å². The first-order valence-corrected chi connectivity index (χ1v) is 12.2. The summed E-state index contributed by atoms with van der Waals surface area (Å²) in [6, 6.07) is 13.6. The molecule has 0 aliphatic carbocycles. The fraction of sp³-hybridized carbons (Fsp3) is 0.440. The summed E-state index contributed by atoms with van der Waals surface area (Å²) in [5.41, 5.74) is 1.07. The topological polar surface area (TPSA) is 77.1 Å². The highest BCUT2D eigenvalue weighted by Crippen LogP contribution is 2.46. The summed E-state index contributed by atoms with van der Waals surface area (Å²) < 4.78 is 16.2. The Morgan fingerprint density at radius 2 is 1.70 bits per heavy atom. The van der Waals surface area contributed by atoms with Crippen LogP contribution in [0, 0.1) is 0 Å². The van der Waals surface area contributed by atoms with Crippen LogP contribution in [0.5, 0.6) is 17.2 Å². The number of β-lactam (4-membered cyclic amide) rings is 1. The van der Waals surface area contributed by atoms with Gasteiger partial charge in [-0.15, -0.1) is 0 Å². The van der Waals surface area contributed by atoms with Crippen molar-refractivity contribution in [1.29, 1.82) is 0 Å². The minimum atomic E-state index is -0.832. The highest BCUT2D eigenvalue weighted by Gasteiger charge is 2.54. The molecule has 33 heavy (non-hydrogen) atoms. The van der Waals surface area contributed by atoms with Gasteiger partial charge in [-0.25, -0.2) is 0 Å². The molecule has 2 aliphatic heterocycles. The Morgan fingerprint density at radius 1 is 1.06 bits per heavy atom. The van der Waals surface area contributed by atoms with E-state index < -0.39 is 5.54 Å². The van der Waals surface area contributed by atoms with Crippen molar-refractivity contribution in [3.63, 3.8) is 0 Å². The average Bonchev–Trinajstić information content (AvgIpc) is 2.85. The summed E-state index contributed by atoms with van der Waals surface area (Å²) in [5, 5.41) is 3.10. The number of rotatable bonds is 8. The van der Waals surface area contributed by atoms with Gasteiger partial charge in [-0.2, -0.15) is 11.8 Å². The van der Waals surface area contributed by atoms with Gasteiger partial charge in [-0.05, 0) is 47.6 Å². The summed E-state index contributed by atoms with van der Waals surface area (Å²) in [5.74, 6) is 3.21. The molecule has 1 unspecified atom stereocenters.